The van der Waals surface area contributed by atoms with Gasteiger partial charge in [-0.2, -0.15) is 0 Å². The zero-order valence-electron chi connectivity index (χ0n) is 14.0. The van der Waals surface area contributed by atoms with Crippen molar-refractivity contribution in [3.05, 3.63) is 48.0 Å². The highest BCUT2D eigenvalue weighted by Gasteiger charge is 2.13. The van der Waals surface area contributed by atoms with Crippen LogP contribution in [0.25, 0.3) is 0 Å². The van der Waals surface area contributed by atoms with Gasteiger partial charge in [-0.3, -0.25) is 4.79 Å². The molecule has 24 heavy (non-hydrogen) atoms. The van der Waals surface area contributed by atoms with Crippen molar-refractivity contribution in [2.45, 2.75) is 12.8 Å². The van der Waals surface area contributed by atoms with Crippen LogP contribution in [0.2, 0.25) is 0 Å². The van der Waals surface area contributed by atoms with Crippen molar-refractivity contribution in [2.24, 2.45) is 0 Å². The molecule has 0 bridgehead atoms. The van der Waals surface area contributed by atoms with Crippen LogP contribution in [0.1, 0.15) is 23.2 Å². The van der Waals surface area contributed by atoms with Gasteiger partial charge in [0.15, 0.2) is 0 Å². The Morgan fingerprint density at radius 2 is 1.54 bits per heavy atom. The SMILES string of the molecule is COc1cc(NC(=O)c2ccc(N3CCCC3)cc2)cc(OC)c1. The van der Waals surface area contributed by atoms with Crippen molar-refractivity contribution < 1.29 is 14.3 Å². The summed E-state index contributed by atoms with van der Waals surface area (Å²) in [6.45, 7) is 2.18. The van der Waals surface area contributed by atoms with Gasteiger partial charge in [0.1, 0.15) is 11.5 Å². The van der Waals surface area contributed by atoms with Gasteiger partial charge < -0.3 is 19.7 Å². The van der Waals surface area contributed by atoms with Gasteiger partial charge in [0.05, 0.1) is 14.2 Å². The highest BCUT2D eigenvalue weighted by molar-refractivity contribution is 6.04. The van der Waals surface area contributed by atoms with Gasteiger partial charge in [-0.15, -0.1) is 0 Å². The molecule has 0 spiro atoms. The summed E-state index contributed by atoms with van der Waals surface area (Å²) in [5.74, 6) is 1.11. The summed E-state index contributed by atoms with van der Waals surface area (Å²) in [6.07, 6.45) is 2.47. The Hall–Kier alpha value is -2.69. The second-order valence-corrected chi connectivity index (χ2v) is 5.80. The molecular formula is C19H22N2O3. The lowest BCUT2D eigenvalue weighted by molar-refractivity contribution is 0.102. The molecule has 3 rings (SSSR count). The number of hydrogen-bond donors (Lipinski definition) is 1. The minimum absolute atomic E-state index is 0.154. The van der Waals surface area contributed by atoms with Crippen molar-refractivity contribution in [1.29, 1.82) is 0 Å². The fraction of sp³-hybridized carbons (Fsp3) is 0.316. The molecule has 1 aliphatic rings. The number of anilines is 2. The van der Waals surface area contributed by atoms with E-state index in [9.17, 15) is 4.79 Å². The highest BCUT2D eigenvalue weighted by atomic mass is 16.5. The van der Waals surface area contributed by atoms with Crippen LogP contribution in [0.3, 0.4) is 0 Å². The Labute approximate surface area is 142 Å². The van der Waals surface area contributed by atoms with E-state index < -0.39 is 0 Å². The molecular weight excluding hydrogens is 304 g/mol. The van der Waals surface area contributed by atoms with Crippen LogP contribution in [0.15, 0.2) is 42.5 Å². The summed E-state index contributed by atoms with van der Waals surface area (Å²) in [4.78, 5) is 14.8. The predicted octanol–water partition coefficient (Wildman–Crippen LogP) is 3.56. The summed E-state index contributed by atoms with van der Waals surface area (Å²) < 4.78 is 10.4. The second kappa shape index (κ2) is 7.25. The topological polar surface area (TPSA) is 50.8 Å². The Bertz CT molecular complexity index is 685. The summed E-state index contributed by atoms with van der Waals surface area (Å²) >= 11 is 0. The number of carbonyl (C=O) groups is 1. The van der Waals surface area contributed by atoms with E-state index in [1.54, 1.807) is 32.4 Å². The van der Waals surface area contributed by atoms with Crippen molar-refractivity contribution in [1.82, 2.24) is 0 Å². The molecule has 126 valence electrons. The van der Waals surface area contributed by atoms with Gasteiger partial charge in [0.25, 0.3) is 5.91 Å². The molecule has 0 unspecified atom stereocenters. The summed E-state index contributed by atoms with van der Waals surface area (Å²) in [6, 6.07) is 13.0. The van der Waals surface area contributed by atoms with Crippen LogP contribution in [0.4, 0.5) is 11.4 Å². The first-order chi connectivity index (χ1) is 11.7. The van der Waals surface area contributed by atoms with E-state index in [4.69, 9.17) is 9.47 Å². The maximum atomic E-state index is 12.4. The molecule has 2 aromatic carbocycles. The number of carbonyl (C=O) groups excluding carboxylic acids is 1. The molecule has 0 aromatic heterocycles. The van der Waals surface area contributed by atoms with Crippen molar-refractivity contribution >= 4 is 17.3 Å². The number of nitrogens with one attached hydrogen (secondary N) is 1. The molecule has 0 atom stereocenters. The van der Waals surface area contributed by atoms with E-state index in [0.717, 1.165) is 13.1 Å². The van der Waals surface area contributed by atoms with Crippen LogP contribution in [-0.2, 0) is 0 Å². The summed E-state index contributed by atoms with van der Waals surface area (Å²) in [5, 5.41) is 2.88. The highest BCUT2D eigenvalue weighted by Crippen LogP contribution is 2.26. The lowest BCUT2D eigenvalue weighted by Gasteiger charge is -2.17. The van der Waals surface area contributed by atoms with E-state index in [-0.39, 0.29) is 5.91 Å². The average Bonchev–Trinajstić information content (AvgIpc) is 3.16. The van der Waals surface area contributed by atoms with Crippen LogP contribution in [0, 0.1) is 0 Å². The molecule has 5 nitrogen and oxygen atoms in total. The number of hydrogen-bond acceptors (Lipinski definition) is 4. The number of ether oxygens (including phenoxy) is 2. The monoisotopic (exact) mass is 326 g/mol. The molecule has 0 radical (unpaired) electrons. The van der Waals surface area contributed by atoms with Gasteiger partial charge in [0, 0.05) is 48.2 Å². The quantitative estimate of drug-likeness (QED) is 0.913. The lowest BCUT2D eigenvalue weighted by Crippen LogP contribution is -2.18. The predicted molar refractivity (Wildman–Crippen MR) is 95.4 cm³/mol. The van der Waals surface area contributed by atoms with E-state index in [1.807, 2.05) is 24.3 Å². The molecule has 5 heteroatoms. The van der Waals surface area contributed by atoms with E-state index in [0.29, 0.717) is 22.7 Å². The van der Waals surface area contributed by atoms with E-state index in [2.05, 4.69) is 10.2 Å². The van der Waals surface area contributed by atoms with E-state index >= 15 is 0 Å². The van der Waals surface area contributed by atoms with Crippen LogP contribution in [-0.4, -0.2) is 33.2 Å². The fourth-order valence-corrected chi connectivity index (χ4v) is 2.88. The number of nitrogens with zero attached hydrogens (tertiary/aromatic N) is 1. The van der Waals surface area contributed by atoms with Crippen molar-refractivity contribution in [2.75, 3.05) is 37.5 Å². The molecule has 1 saturated heterocycles. The number of benzene rings is 2. The van der Waals surface area contributed by atoms with Gasteiger partial charge in [-0.1, -0.05) is 0 Å². The Morgan fingerprint density at radius 1 is 0.958 bits per heavy atom. The largest absolute Gasteiger partial charge is 0.497 e. The van der Waals surface area contributed by atoms with Gasteiger partial charge in [-0.05, 0) is 37.1 Å². The second-order valence-electron chi connectivity index (χ2n) is 5.80. The Morgan fingerprint density at radius 3 is 2.08 bits per heavy atom. The molecule has 1 amide bonds. The van der Waals surface area contributed by atoms with Gasteiger partial charge in [-0.25, -0.2) is 0 Å². The molecule has 0 aliphatic carbocycles. The van der Waals surface area contributed by atoms with Gasteiger partial charge in [0.2, 0.25) is 0 Å². The van der Waals surface area contributed by atoms with Crippen LogP contribution >= 0.6 is 0 Å². The summed E-state index contributed by atoms with van der Waals surface area (Å²) in [7, 11) is 3.16. The molecule has 1 heterocycles. The normalized spacial score (nSPS) is 13.7. The Balaban J connectivity index is 1.72. The minimum atomic E-state index is -0.154. The third kappa shape index (κ3) is 3.62. The first-order valence-corrected chi connectivity index (χ1v) is 8.09. The summed E-state index contributed by atoms with van der Waals surface area (Å²) in [5.41, 5.74) is 2.44. The fourth-order valence-electron chi connectivity index (χ4n) is 2.88. The third-order valence-electron chi connectivity index (χ3n) is 4.21. The number of rotatable bonds is 5. The molecule has 1 aliphatic heterocycles. The molecule has 2 aromatic rings. The number of methoxy groups -OCH3 is 2. The van der Waals surface area contributed by atoms with Crippen molar-refractivity contribution in [3.8, 4) is 11.5 Å². The standard InChI is InChI=1S/C19H22N2O3/c1-23-17-11-15(12-18(13-17)24-2)20-19(22)14-5-7-16(8-6-14)21-9-3-4-10-21/h5-8,11-13H,3-4,9-10H2,1-2H3,(H,20,22). The first kappa shape index (κ1) is 16.2. The van der Waals surface area contributed by atoms with Crippen LogP contribution < -0.4 is 19.7 Å². The van der Waals surface area contributed by atoms with E-state index in [1.165, 1.54) is 18.5 Å². The number of amides is 1. The molecule has 1 N–H and O–H groups in total. The van der Waals surface area contributed by atoms with Crippen molar-refractivity contribution in [3.63, 3.8) is 0 Å². The molecule has 1 fully saturated rings. The minimum Gasteiger partial charge on any atom is -0.497 e. The lowest BCUT2D eigenvalue weighted by atomic mass is 10.1. The first-order valence-electron chi connectivity index (χ1n) is 8.09. The van der Waals surface area contributed by atoms with Gasteiger partial charge >= 0.3 is 0 Å². The maximum absolute atomic E-state index is 12.4. The zero-order chi connectivity index (χ0) is 16.9. The van der Waals surface area contributed by atoms with Crippen LogP contribution in [0.5, 0.6) is 11.5 Å². The smallest absolute Gasteiger partial charge is 0.255 e. The average molecular weight is 326 g/mol. The Kier molecular flexibility index (Phi) is 4.89. The maximum Gasteiger partial charge on any atom is 0.255 e. The third-order valence-corrected chi connectivity index (χ3v) is 4.21. The zero-order valence-corrected chi connectivity index (χ0v) is 14.0. The molecule has 0 saturated carbocycles.